The molecular weight excluding hydrogens is 234 g/mol. The van der Waals surface area contributed by atoms with Gasteiger partial charge in [-0.1, -0.05) is 31.1 Å². The maximum Gasteiger partial charge on any atom is 0.232 e. The van der Waals surface area contributed by atoms with Crippen LogP contribution >= 0.6 is 0 Å². The number of rotatable bonds is 4. The van der Waals surface area contributed by atoms with Crippen LogP contribution in [-0.4, -0.2) is 36.8 Å². The van der Waals surface area contributed by atoms with E-state index in [1.54, 1.807) is 10.9 Å². The average molecular weight is 251 g/mol. The Hall–Kier alpha value is -1.76. The Morgan fingerprint density at radius 1 is 1.39 bits per heavy atom. The van der Waals surface area contributed by atoms with Crippen molar-refractivity contribution in [1.82, 2.24) is 25.1 Å². The van der Waals surface area contributed by atoms with Gasteiger partial charge in [-0.2, -0.15) is 4.98 Å². The van der Waals surface area contributed by atoms with Crippen molar-refractivity contribution in [1.29, 1.82) is 0 Å². The molecule has 2 aromatic heterocycles. The van der Waals surface area contributed by atoms with Crippen LogP contribution in [0.3, 0.4) is 0 Å². The zero-order chi connectivity index (χ0) is 13.2. The molecule has 0 aromatic carbocycles. The van der Waals surface area contributed by atoms with Crippen LogP contribution in [0.1, 0.15) is 38.2 Å². The molecule has 0 aliphatic heterocycles. The molecule has 0 unspecified atom stereocenters. The predicted octanol–water partition coefficient (Wildman–Crippen LogP) is 0.542. The molecule has 0 atom stereocenters. The highest BCUT2D eigenvalue weighted by Gasteiger charge is 2.21. The topological polar surface area (TPSA) is 89.9 Å². The summed E-state index contributed by atoms with van der Waals surface area (Å²) in [5.74, 6) is 1.17. The maximum atomic E-state index is 8.79. The Kier molecular flexibility index (Phi) is 3.42. The van der Waals surface area contributed by atoms with E-state index in [9.17, 15) is 0 Å². The van der Waals surface area contributed by atoms with Gasteiger partial charge in [0, 0.05) is 24.6 Å². The first kappa shape index (κ1) is 12.7. The zero-order valence-corrected chi connectivity index (χ0v) is 10.8. The maximum absolute atomic E-state index is 8.79. The Balaban J connectivity index is 2.06. The third-order valence-corrected chi connectivity index (χ3v) is 2.37. The fourth-order valence-corrected chi connectivity index (χ4v) is 1.41. The highest BCUT2D eigenvalue weighted by Crippen LogP contribution is 2.19. The van der Waals surface area contributed by atoms with Crippen molar-refractivity contribution in [2.45, 2.75) is 39.2 Å². The van der Waals surface area contributed by atoms with Crippen molar-refractivity contribution >= 4 is 0 Å². The van der Waals surface area contributed by atoms with Crippen LogP contribution in [0.4, 0.5) is 0 Å². The largest absolute Gasteiger partial charge is 0.396 e. The molecule has 0 bridgehead atoms. The average Bonchev–Trinajstić information content (AvgIpc) is 2.88. The quantitative estimate of drug-likeness (QED) is 0.853. The van der Waals surface area contributed by atoms with Gasteiger partial charge in [0.25, 0.3) is 0 Å². The molecule has 0 fully saturated rings. The monoisotopic (exact) mass is 251 g/mol. The smallest absolute Gasteiger partial charge is 0.232 e. The molecule has 2 heterocycles. The van der Waals surface area contributed by atoms with Gasteiger partial charge in [0.05, 0.1) is 5.69 Å². The highest BCUT2D eigenvalue weighted by molar-refractivity contribution is 4.99. The first-order chi connectivity index (χ1) is 8.49. The molecule has 2 aromatic rings. The fourth-order valence-electron chi connectivity index (χ4n) is 1.41. The lowest BCUT2D eigenvalue weighted by Crippen LogP contribution is -2.12. The van der Waals surface area contributed by atoms with Gasteiger partial charge in [0.2, 0.25) is 5.89 Å². The number of hydrogen-bond donors (Lipinski definition) is 1. The number of aliphatic hydroxyl groups is 1. The second-order valence-electron chi connectivity index (χ2n) is 5.15. The Labute approximate surface area is 105 Å². The van der Waals surface area contributed by atoms with Crippen molar-refractivity contribution in [2.24, 2.45) is 0 Å². The molecule has 1 N–H and O–H groups in total. The predicted molar refractivity (Wildman–Crippen MR) is 62.9 cm³/mol. The van der Waals surface area contributed by atoms with Crippen molar-refractivity contribution in [2.75, 3.05) is 6.61 Å². The standard InChI is InChI=1S/C11H17N5O2/c1-11(2,3)10-12-9(14-18-10)7-16-6-8(4-5-17)13-15-16/h6,17H,4-5,7H2,1-3H3. The highest BCUT2D eigenvalue weighted by atomic mass is 16.5. The summed E-state index contributed by atoms with van der Waals surface area (Å²) in [5, 5.41) is 20.6. The van der Waals surface area contributed by atoms with Gasteiger partial charge < -0.3 is 9.63 Å². The Morgan fingerprint density at radius 3 is 2.78 bits per heavy atom. The fraction of sp³-hybridized carbons (Fsp3) is 0.636. The Morgan fingerprint density at radius 2 is 2.17 bits per heavy atom. The third kappa shape index (κ3) is 2.92. The molecule has 0 aliphatic carbocycles. The minimum atomic E-state index is -0.157. The van der Waals surface area contributed by atoms with Crippen LogP contribution in [0.2, 0.25) is 0 Å². The van der Waals surface area contributed by atoms with Gasteiger partial charge in [-0.25, -0.2) is 4.68 Å². The van der Waals surface area contributed by atoms with E-state index in [-0.39, 0.29) is 12.0 Å². The first-order valence-corrected chi connectivity index (χ1v) is 5.82. The number of hydrogen-bond acceptors (Lipinski definition) is 6. The second kappa shape index (κ2) is 4.85. The lowest BCUT2D eigenvalue weighted by atomic mass is 9.97. The van der Waals surface area contributed by atoms with Gasteiger partial charge >= 0.3 is 0 Å². The van der Waals surface area contributed by atoms with E-state index < -0.39 is 0 Å². The molecule has 0 saturated carbocycles. The number of nitrogens with zero attached hydrogens (tertiary/aromatic N) is 5. The summed E-state index contributed by atoms with van der Waals surface area (Å²) in [4.78, 5) is 4.32. The number of aromatic nitrogens is 5. The van der Waals surface area contributed by atoms with Gasteiger partial charge in [0.15, 0.2) is 5.82 Å². The van der Waals surface area contributed by atoms with Crippen LogP contribution in [0, 0.1) is 0 Å². The summed E-state index contributed by atoms with van der Waals surface area (Å²) in [7, 11) is 0. The lowest BCUT2D eigenvalue weighted by Gasteiger charge is -2.10. The molecule has 7 nitrogen and oxygen atoms in total. The van der Waals surface area contributed by atoms with Crippen molar-refractivity contribution < 1.29 is 9.63 Å². The molecule has 2 rings (SSSR count). The van der Waals surface area contributed by atoms with E-state index in [1.807, 2.05) is 20.8 Å². The van der Waals surface area contributed by atoms with Crippen LogP contribution in [0.15, 0.2) is 10.7 Å². The minimum Gasteiger partial charge on any atom is -0.396 e. The molecule has 0 spiro atoms. The summed E-state index contributed by atoms with van der Waals surface area (Å²) in [6.45, 7) is 6.52. The number of aliphatic hydroxyl groups excluding tert-OH is 1. The summed E-state index contributed by atoms with van der Waals surface area (Å²) >= 11 is 0. The van der Waals surface area contributed by atoms with Crippen LogP contribution in [0.5, 0.6) is 0 Å². The van der Waals surface area contributed by atoms with E-state index in [1.165, 1.54) is 0 Å². The summed E-state index contributed by atoms with van der Waals surface area (Å²) < 4.78 is 6.82. The lowest BCUT2D eigenvalue weighted by molar-refractivity contribution is 0.298. The molecule has 18 heavy (non-hydrogen) atoms. The van der Waals surface area contributed by atoms with Crippen LogP contribution < -0.4 is 0 Å². The van der Waals surface area contributed by atoms with Crippen molar-refractivity contribution in [3.8, 4) is 0 Å². The zero-order valence-electron chi connectivity index (χ0n) is 10.8. The van der Waals surface area contributed by atoms with E-state index in [4.69, 9.17) is 9.63 Å². The molecular formula is C11H17N5O2. The van der Waals surface area contributed by atoms with E-state index in [0.717, 1.165) is 5.69 Å². The molecule has 0 aliphatic rings. The van der Waals surface area contributed by atoms with E-state index in [2.05, 4.69) is 20.5 Å². The molecule has 0 saturated heterocycles. The second-order valence-corrected chi connectivity index (χ2v) is 5.15. The van der Waals surface area contributed by atoms with Crippen LogP contribution in [-0.2, 0) is 18.4 Å². The third-order valence-electron chi connectivity index (χ3n) is 2.37. The SMILES string of the molecule is CC(C)(C)c1nc(Cn2cc(CCO)nn2)no1. The van der Waals surface area contributed by atoms with Crippen molar-refractivity contribution in [3.63, 3.8) is 0 Å². The minimum absolute atomic E-state index is 0.0646. The van der Waals surface area contributed by atoms with E-state index in [0.29, 0.717) is 24.7 Å². The summed E-state index contributed by atoms with van der Waals surface area (Å²) in [6, 6.07) is 0. The Bertz CT molecular complexity index is 511. The summed E-state index contributed by atoms with van der Waals surface area (Å²) in [6.07, 6.45) is 2.27. The summed E-state index contributed by atoms with van der Waals surface area (Å²) in [5.41, 5.74) is 0.590. The molecule has 98 valence electrons. The van der Waals surface area contributed by atoms with Gasteiger partial charge in [-0.3, -0.25) is 0 Å². The molecule has 7 heteroatoms. The van der Waals surface area contributed by atoms with Gasteiger partial charge in [0.1, 0.15) is 6.54 Å². The van der Waals surface area contributed by atoms with Gasteiger partial charge in [-0.05, 0) is 0 Å². The normalized spacial score (nSPS) is 12.0. The van der Waals surface area contributed by atoms with Crippen molar-refractivity contribution in [3.05, 3.63) is 23.6 Å². The van der Waals surface area contributed by atoms with Gasteiger partial charge in [-0.15, -0.1) is 5.10 Å². The van der Waals surface area contributed by atoms with Crippen LogP contribution in [0.25, 0.3) is 0 Å². The first-order valence-electron chi connectivity index (χ1n) is 5.82. The molecule has 0 amide bonds. The molecule has 0 radical (unpaired) electrons. The van der Waals surface area contributed by atoms with E-state index >= 15 is 0 Å².